The largest absolute Gasteiger partial charge is 0.493 e. The van der Waals surface area contributed by atoms with Crippen molar-refractivity contribution in [2.24, 2.45) is 4.99 Å². The summed E-state index contributed by atoms with van der Waals surface area (Å²) in [5.41, 5.74) is 2.98. The number of ether oxygens (including phenoxy) is 3. The number of aliphatic imine (C=N–C) groups is 1. The van der Waals surface area contributed by atoms with Gasteiger partial charge in [-0.1, -0.05) is 54.2 Å². The Labute approximate surface area is 236 Å². The van der Waals surface area contributed by atoms with Crippen molar-refractivity contribution < 1.29 is 28.2 Å². The van der Waals surface area contributed by atoms with Gasteiger partial charge in [-0.05, 0) is 30.5 Å². The third-order valence-corrected chi connectivity index (χ3v) is 7.35. The molecule has 2 aromatic carbocycles. The standard InChI is InChI=1S/C30H29N3O6S/c1-4-38-29(35)25-26(19-10-6-5-7-11-19)32-30-33(27(25)22-13-8-14-23(36-2)28(22)37-3)20(18-40-30)16-24(34)31-17-21-12-9-15-39-21/h5-15,18,27H,4,16-17H2,1-3H3,(H,31,34). The predicted octanol–water partition coefficient (Wildman–Crippen LogP) is 5.28. The molecule has 10 heteroatoms. The second kappa shape index (κ2) is 12.2. The maximum absolute atomic E-state index is 13.7. The van der Waals surface area contributed by atoms with Crippen molar-refractivity contribution in [2.45, 2.75) is 25.9 Å². The molecule has 1 N–H and O–H groups in total. The molecule has 5 rings (SSSR count). The molecular weight excluding hydrogens is 530 g/mol. The third kappa shape index (κ3) is 5.35. The molecule has 3 heterocycles. The smallest absolute Gasteiger partial charge is 0.338 e. The summed E-state index contributed by atoms with van der Waals surface area (Å²) in [6.45, 7) is 2.22. The number of nitrogens with one attached hydrogen (secondary N) is 1. The molecule has 0 spiro atoms. The molecular formula is C30H29N3O6S. The van der Waals surface area contributed by atoms with E-state index in [4.69, 9.17) is 23.6 Å². The summed E-state index contributed by atoms with van der Waals surface area (Å²) in [5, 5.41) is 5.42. The Kier molecular flexibility index (Phi) is 8.26. The molecule has 1 unspecified atom stereocenters. The number of amides is 1. The number of amidine groups is 1. The number of carbonyl (C=O) groups is 2. The monoisotopic (exact) mass is 559 g/mol. The molecule has 0 fully saturated rings. The molecule has 1 aromatic heterocycles. The van der Waals surface area contributed by atoms with E-state index in [0.29, 0.717) is 45.0 Å². The van der Waals surface area contributed by atoms with E-state index in [2.05, 4.69) is 5.32 Å². The molecule has 0 saturated carbocycles. The lowest BCUT2D eigenvalue weighted by Crippen LogP contribution is -2.38. The first-order chi connectivity index (χ1) is 19.5. The van der Waals surface area contributed by atoms with Gasteiger partial charge < -0.3 is 28.8 Å². The number of para-hydroxylation sites is 1. The number of nitrogens with zero attached hydrogens (tertiary/aromatic N) is 2. The molecule has 40 heavy (non-hydrogen) atoms. The van der Waals surface area contributed by atoms with Crippen molar-refractivity contribution in [1.29, 1.82) is 0 Å². The number of thioether (sulfide) groups is 1. The normalized spacial score (nSPS) is 16.2. The number of benzene rings is 2. The average molecular weight is 560 g/mol. The van der Waals surface area contributed by atoms with E-state index in [1.165, 1.54) is 11.8 Å². The van der Waals surface area contributed by atoms with E-state index in [1.54, 1.807) is 45.6 Å². The fraction of sp³-hybridized carbons (Fsp3) is 0.233. The van der Waals surface area contributed by atoms with Crippen LogP contribution < -0.4 is 14.8 Å². The van der Waals surface area contributed by atoms with Crippen LogP contribution in [-0.2, 0) is 20.9 Å². The van der Waals surface area contributed by atoms with Gasteiger partial charge >= 0.3 is 5.97 Å². The summed E-state index contributed by atoms with van der Waals surface area (Å²) >= 11 is 1.40. The van der Waals surface area contributed by atoms with Crippen LogP contribution in [-0.4, -0.2) is 42.8 Å². The van der Waals surface area contributed by atoms with Crippen molar-refractivity contribution in [3.05, 3.63) is 100 Å². The Bertz CT molecular complexity index is 1480. The lowest BCUT2D eigenvalue weighted by molar-refractivity contribution is -0.139. The summed E-state index contributed by atoms with van der Waals surface area (Å²) in [6, 6.07) is 17.9. The number of hydrogen-bond acceptors (Lipinski definition) is 9. The fourth-order valence-electron chi connectivity index (χ4n) is 4.74. The first-order valence-corrected chi connectivity index (χ1v) is 13.6. The van der Waals surface area contributed by atoms with Crippen molar-refractivity contribution >= 4 is 34.5 Å². The van der Waals surface area contributed by atoms with E-state index in [9.17, 15) is 9.59 Å². The van der Waals surface area contributed by atoms with E-state index in [-0.39, 0.29) is 25.5 Å². The highest BCUT2D eigenvalue weighted by Crippen LogP contribution is 2.50. The number of carbonyl (C=O) groups excluding carboxylic acids is 2. The van der Waals surface area contributed by atoms with Crippen LogP contribution in [0, 0.1) is 0 Å². The van der Waals surface area contributed by atoms with Crippen LogP contribution in [0.4, 0.5) is 0 Å². The Balaban J connectivity index is 1.62. The van der Waals surface area contributed by atoms with Gasteiger partial charge in [-0.3, -0.25) is 4.79 Å². The zero-order valence-electron chi connectivity index (χ0n) is 22.4. The van der Waals surface area contributed by atoms with Gasteiger partial charge in [0, 0.05) is 16.8 Å². The lowest BCUT2D eigenvalue weighted by Gasteiger charge is -2.37. The van der Waals surface area contributed by atoms with E-state index >= 15 is 0 Å². The van der Waals surface area contributed by atoms with Crippen LogP contribution in [0.5, 0.6) is 11.5 Å². The summed E-state index contributed by atoms with van der Waals surface area (Å²) in [5.74, 6) is 0.947. The van der Waals surface area contributed by atoms with Gasteiger partial charge in [-0.2, -0.15) is 0 Å². The van der Waals surface area contributed by atoms with E-state index in [1.807, 2.05) is 52.8 Å². The summed E-state index contributed by atoms with van der Waals surface area (Å²) in [7, 11) is 3.12. The van der Waals surface area contributed by atoms with Gasteiger partial charge in [0.1, 0.15) is 5.76 Å². The minimum absolute atomic E-state index is 0.0618. The first-order valence-electron chi connectivity index (χ1n) is 12.8. The van der Waals surface area contributed by atoms with Gasteiger partial charge in [-0.15, -0.1) is 0 Å². The van der Waals surface area contributed by atoms with Crippen LogP contribution in [0.3, 0.4) is 0 Å². The minimum Gasteiger partial charge on any atom is -0.493 e. The number of rotatable bonds is 10. The maximum Gasteiger partial charge on any atom is 0.338 e. The molecule has 0 saturated heterocycles. The number of furan rings is 1. The van der Waals surface area contributed by atoms with E-state index in [0.717, 1.165) is 5.56 Å². The molecule has 206 valence electrons. The zero-order chi connectivity index (χ0) is 28.1. The maximum atomic E-state index is 13.7. The van der Waals surface area contributed by atoms with Crippen LogP contribution in [0.2, 0.25) is 0 Å². The highest BCUT2D eigenvalue weighted by atomic mass is 32.2. The molecule has 0 radical (unpaired) electrons. The summed E-state index contributed by atoms with van der Waals surface area (Å²) in [4.78, 5) is 33.6. The molecule has 2 aliphatic rings. The third-order valence-electron chi connectivity index (χ3n) is 6.46. The van der Waals surface area contributed by atoms with Gasteiger partial charge in [0.05, 0.1) is 57.4 Å². The quantitative estimate of drug-likeness (QED) is 0.335. The van der Waals surface area contributed by atoms with Crippen LogP contribution in [0.15, 0.2) is 93.0 Å². The van der Waals surface area contributed by atoms with Crippen LogP contribution in [0.25, 0.3) is 5.70 Å². The molecule has 0 bridgehead atoms. The number of methoxy groups -OCH3 is 2. The second-order valence-electron chi connectivity index (χ2n) is 8.86. The fourth-order valence-corrected chi connectivity index (χ4v) is 5.65. The first kappa shape index (κ1) is 27.1. The Morgan fingerprint density at radius 2 is 1.88 bits per heavy atom. The molecule has 2 aliphatic heterocycles. The van der Waals surface area contributed by atoms with Crippen LogP contribution >= 0.6 is 11.8 Å². The number of hydrogen-bond donors (Lipinski definition) is 1. The number of esters is 1. The highest BCUT2D eigenvalue weighted by Gasteiger charge is 2.43. The highest BCUT2D eigenvalue weighted by molar-refractivity contribution is 8.16. The average Bonchev–Trinajstić information content (AvgIpc) is 3.65. The summed E-state index contributed by atoms with van der Waals surface area (Å²) in [6.07, 6.45) is 1.63. The van der Waals surface area contributed by atoms with Gasteiger partial charge in [0.15, 0.2) is 16.7 Å². The number of fused-ring (bicyclic) bond motifs is 1. The minimum atomic E-state index is -0.703. The van der Waals surface area contributed by atoms with Gasteiger partial charge in [0.2, 0.25) is 5.91 Å². The van der Waals surface area contributed by atoms with E-state index < -0.39 is 12.0 Å². The SMILES string of the molecule is CCOC(=O)C1=C(c2ccccc2)N=C2SC=C(CC(=O)NCc3ccco3)N2C1c1cccc(OC)c1OC. The second-order valence-corrected chi connectivity index (χ2v) is 9.69. The Morgan fingerprint density at radius 1 is 1.05 bits per heavy atom. The Morgan fingerprint density at radius 3 is 2.58 bits per heavy atom. The van der Waals surface area contributed by atoms with Gasteiger partial charge in [-0.25, -0.2) is 9.79 Å². The van der Waals surface area contributed by atoms with Crippen molar-refractivity contribution in [3.8, 4) is 11.5 Å². The topological polar surface area (TPSA) is 103 Å². The molecule has 1 amide bonds. The zero-order valence-corrected chi connectivity index (χ0v) is 23.2. The van der Waals surface area contributed by atoms with Crippen LogP contribution in [0.1, 0.15) is 36.3 Å². The molecule has 0 aliphatic carbocycles. The van der Waals surface area contributed by atoms with Crippen molar-refractivity contribution in [3.63, 3.8) is 0 Å². The predicted molar refractivity (Wildman–Crippen MR) is 152 cm³/mol. The molecule has 3 aromatic rings. The summed E-state index contributed by atoms with van der Waals surface area (Å²) < 4.78 is 22.3. The van der Waals surface area contributed by atoms with Crippen molar-refractivity contribution in [1.82, 2.24) is 10.2 Å². The molecule has 1 atom stereocenters. The Hall–Kier alpha value is -4.44. The molecule has 9 nitrogen and oxygen atoms in total. The van der Waals surface area contributed by atoms with Gasteiger partial charge in [0.25, 0.3) is 0 Å². The van der Waals surface area contributed by atoms with Crippen molar-refractivity contribution in [2.75, 3.05) is 20.8 Å². The lowest BCUT2D eigenvalue weighted by atomic mass is 9.90.